The van der Waals surface area contributed by atoms with E-state index in [0.717, 1.165) is 21.8 Å². The number of ether oxygens (including phenoxy) is 2. The topological polar surface area (TPSA) is 55.8 Å². The maximum absolute atomic E-state index is 12.5. The predicted octanol–water partition coefficient (Wildman–Crippen LogP) is 4.94. The van der Waals surface area contributed by atoms with Crippen molar-refractivity contribution in [1.29, 1.82) is 0 Å². The van der Waals surface area contributed by atoms with Crippen molar-refractivity contribution in [3.8, 4) is 11.5 Å². The summed E-state index contributed by atoms with van der Waals surface area (Å²) < 4.78 is 12.0. The van der Waals surface area contributed by atoms with E-state index in [0.29, 0.717) is 36.2 Å². The molecule has 2 rings (SSSR count). The Hall–Kier alpha value is -1.47. The van der Waals surface area contributed by atoms with E-state index in [1.165, 1.54) is 4.90 Å². The molecule has 1 saturated heterocycles. The summed E-state index contributed by atoms with van der Waals surface area (Å²) in [4.78, 5) is 26.3. The SMILES string of the molecule is CCOc1cc(OCC)c(/C=C2\SC(=O)N(CC(C)C)C2=O)cc1Br. The van der Waals surface area contributed by atoms with E-state index in [2.05, 4.69) is 15.9 Å². The van der Waals surface area contributed by atoms with Crippen molar-refractivity contribution in [2.75, 3.05) is 19.8 Å². The van der Waals surface area contributed by atoms with Gasteiger partial charge in [-0.25, -0.2) is 0 Å². The van der Waals surface area contributed by atoms with Crippen LogP contribution < -0.4 is 9.47 Å². The Bertz CT molecular complexity index is 703. The highest BCUT2D eigenvalue weighted by atomic mass is 79.9. The summed E-state index contributed by atoms with van der Waals surface area (Å²) in [5.74, 6) is 1.27. The van der Waals surface area contributed by atoms with Crippen LogP contribution in [0.2, 0.25) is 0 Å². The monoisotopic (exact) mass is 427 g/mol. The van der Waals surface area contributed by atoms with Crippen LogP contribution in [0.4, 0.5) is 4.79 Å². The molecule has 1 aliphatic rings. The lowest BCUT2D eigenvalue weighted by Gasteiger charge is -2.14. The normalized spacial score (nSPS) is 16.2. The summed E-state index contributed by atoms with van der Waals surface area (Å²) in [6.45, 7) is 9.20. The number of carbonyl (C=O) groups excluding carboxylic acids is 2. The number of halogens is 1. The van der Waals surface area contributed by atoms with Gasteiger partial charge in [0.2, 0.25) is 0 Å². The van der Waals surface area contributed by atoms with Crippen LogP contribution in [-0.4, -0.2) is 35.8 Å². The van der Waals surface area contributed by atoms with Crippen LogP contribution in [0.25, 0.3) is 6.08 Å². The van der Waals surface area contributed by atoms with Gasteiger partial charge in [-0.2, -0.15) is 0 Å². The van der Waals surface area contributed by atoms with Crippen LogP contribution in [0.5, 0.6) is 11.5 Å². The minimum absolute atomic E-state index is 0.228. The van der Waals surface area contributed by atoms with Crippen molar-refractivity contribution >= 4 is 44.9 Å². The summed E-state index contributed by atoms with van der Waals surface area (Å²) in [5, 5.41) is -0.229. The highest BCUT2D eigenvalue weighted by Crippen LogP contribution is 2.38. The van der Waals surface area contributed by atoms with Crippen molar-refractivity contribution in [3.05, 3.63) is 27.1 Å². The average Bonchev–Trinajstić information content (AvgIpc) is 2.79. The Morgan fingerprint density at radius 1 is 1.16 bits per heavy atom. The number of carbonyl (C=O) groups is 2. The standard InChI is InChI=1S/C18H22BrNO4S/c1-5-23-14-9-15(24-6-2)13(19)7-12(14)8-16-17(21)20(10-11(3)4)18(22)25-16/h7-9,11H,5-6,10H2,1-4H3/b16-8-. The highest BCUT2D eigenvalue weighted by Gasteiger charge is 2.35. The third-order valence-electron chi connectivity index (χ3n) is 3.37. The Labute approximate surface area is 160 Å². The number of rotatable bonds is 7. The maximum atomic E-state index is 12.5. The number of benzene rings is 1. The fourth-order valence-corrected chi connectivity index (χ4v) is 3.69. The Morgan fingerprint density at radius 3 is 2.40 bits per heavy atom. The van der Waals surface area contributed by atoms with E-state index in [-0.39, 0.29) is 17.1 Å². The molecule has 0 spiro atoms. The fraction of sp³-hybridized carbons (Fsp3) is 0.444. The lowest BCUT2D eigenvalue weighted by Crippen LogP contribution is -2.31. The van der Waals surface area contributed by atoms with Gasteiger partial charge in [-0.1, -0.05) is 13.8 Å². The van der Waals surface area contributed by atoms with E-state index in [9.17, 15) is 9.59 Å². The number of amides is 2. The fourth-order valence-electron chi connectivity index (χ4n) is 2.37. The summed E-state index contributed by atoms with van der Waals surface area (Å²) in [6.07, 6.45) is 1.71. The molecule has 7 heteroatoms. The molecule has 0 N–H and O–H groups in total. The first kappa shape index (κ1) is 19.8. The van der Waals surface area contributed by atoms with Gasteiger partial charge in [0.25, 0.3) is 11.1 Å². The molecule has 1 aromatic rings. The van der Waals surface area contributed by atoms with E-state index >= 15 is 0 Å². The molecule has 0 radical (unpaired) electrons. The van der Waals surface area contributed by atoms with Crippen molar-refractivity contribution in [2.24, 2.45) is 5.92 Å². The predicted molar refractivity (Wildman–Crippen MR) is 104 cm³/mol. The first-order valence-electron chi connectivity index (χ1n) is 8.21. The van der Waals surface area contributed by atoms with E-state index < -0.39 is 0 Å². The Morgan fingerprint density at radius 2 is 1.80 bits per heavy atom. The maximum Gasteiger partial charge on any atom is 0.293 e. The second kappa shape index (κ2) is 8.76. The van der Waals surface area contributed by atoms with Crippen molar-refractivity contribution in [3.63, 3.8) is 0 Å². The molecule has 2 amide bonds. The average molecular weight is 428 g/mol. The lowest BCUT2D eigenvalue weighted by atomic mass is 10.1. The minimum Gasteiger partial charge on any atom is -0.493 e. The largest absolute Gasteiger partial charge is 0.493 e. The van der Waals surface area contributed by atoms with Gasteiger partial charge in [0, 0.05) is 18.2 Å². The van der Waals surface area contributed by atoms with Crippen LogP contribution in [0.1, 0.15) is 33.3 Å². The van der Waals surface area contributed by atoms with Gasteiger partial charge in [0.05, 0.1) is 22.6 Å². The molecule has 5 nitrogen and oxygen atoms in total. The summed E-state index contributed by atoms with van der Waals surface area (Å²) in [5.41, 5.74) is 0.729. The molecule has 0 unspecified atom stereocenters. The van der Waals surface area contributed by atoms with Gasteiger partial charge in [-0.15, -0.1) is 0 Å². The van der Waals surface area contributed by atoms with Gasteiger partial charge >= 0.3 is 0 Å². The van der Waals surface area contributed by atoms with Crippen LogP contribution in [0, 0.1) is 5.92 Å². The molecule has 0 saturated carbocycles. The van der Waals surface area contributed by atoms with E-state index in [1.807, 2.05) is 33.8 Å². The van der Waals surface area contributed by atoms with Gasteiger partial charge in [0.15, 0.2) is 0 Å². The van der Waals surface area contributed by atoms with Crippen molar-refractivity contribution in [1.82, 2.24) is 4.90 Å². The molecule has 0 atom stereocenters. The molecule has 0 aromatic heterocycles. The van der Waals surface area contributed by atoms with E-state index in [1.54, 1.807) is 12.1 Å². The Kier molecular flexibility index (Phi) is 6.95. The van der Waals surface area contributed by atoms with Crippen molar-refractivity contribution < 1.29 is 19.1 Å². The third kappa shape index (κ3) is 4.79. The molecule has 0 bridgehead atoms. The Balaban J connectivity index is 2.38. The first-order chi connectivity index (χ1) is 11.9. The van der Waals surface area contributed by atoms with Crippen LogP contribution in [0.15, 0.2) is 21.5 Å². The number of nitrogens with zero attached hydrogens (tertiary/aromatic N) is 1. The van der Waals surface area contributed by atoms with Gasteiger partial charge < -0.3 is 9.47 Å². The lowest BCUT2D eigenvalue weighted by molar-refractivity contribution is -0.123. The molecular formula is C18H22BrNO4S. The molecule has 0 aliphatic carbocycles. The van der Waals surface area contributed by atoms with Crippen LogP contribution in [-0.2, 0) is 4.79 Å². The summed E-state index contributed by atoms with van der Waals surface area (Å²) in [6, 6.07) is 3.63. The number of imide groups is 1. The second-order valence-corrected chi connectivity index (χ2v) is 7.72. The zero-order valence-corrected chi connectivity index (χ0v) is 17.2. The molecule has 1 aliphatic heterocycles. The van der Waals surface area contributed by atoms with Crippen LogP contribution in [0.3, 0.4) is 0 Å². The molecule has 1 fully saturated rings. The number of hydrogen-bond acceptors (Lipinski definition) is 5. The quantitative estimate of drug-likeness (QED) is 0.576. The van der Waals surface area contributed by atoms with Crippen molar-refractivity contribution in [2.45, 2.75) is 27.7 Å². The first-order valence-corrected chi connectivity index (χ1v) is 9.82. The third-order valence-corrected chi connectivity index (χ3v) is 4.90. The molecule has 1 aromatic carbocycles. The number of hydrogen-bond donors (Lipinski definition) is 0. The zero-order chi connectivity index (χ0) is 18.6. The second-order valence-electron chi connectivity index (χ2n) is 5.87. The molecule has 1 heterocycles. The van der Waals surface area contributed by atoms with Crippen LogP contribution >= 0.6 is 27.7 Å². The van der Waals surface area contributed by atoms with Gasteiger partial charge in [-0.05, 0) is 59.6 Å². The number of thioether (sulfide) groups is 1. The smallest absolute Gasteiger partial charge is 0.293 e. The molecule has 136 valence electrons. The van der Waals surface area contributed by atoms with E-state index in [4.69, 9.17) is 9.47 Å². The molecule has 25 heavy (non-hydrogen) atoms. The molecular weight excluding hydrogens is 406 g/mol. The van der Waals surface area contributed by atoms with Gasteiger partial charge in [-0.3, -0.25) is 14.5 Å². The zero-order valence-electron chi connectivity index (χ0n) is 14.8. The minimum atomic E-state index is -0.254. The summed E-state index contributed by atoms with van der Waals surface area (Å²) in [7, 11) is 0. The van der Waals surface area contributed by atoms with Gasteiger partial charge in [0.1, 0.15) is 11.5 Å². The summed E-state index contributed by atoms with van der Waals surface area (Å²) >= 11 is 4.44. The highest BCUT2D eigenvalue weighted by molar-refractivity contribution is 9.10.